The van der Waals surface area contributed by atoms with E-state index in [0.717, 1.165) is 38.3 Å². The van der Waals surface area contributed by atoms with Gasteiger partial charge in [0.25, 0.3) is 0 Å². The van der Waals surface area contributed by atoms with E-state index in [1.165, 1.54) is 5.69 Å². The van der Waals surface area contributed by atoms with E-state index in [2.05, 4.69) is 32.8 Å². The molecular formula is C18H26N6O. The Labute approximate surface area is 148 Å². The predicted octanol–water partition coefficient (Wildman–Crippen LogP) is 1.18. The molecule has 7 heteroatoms. The summed E-state index contributed by atoms with van der Waals surface area (Å²) in [5, 5.41) is 12.5. The zero-order chi connectivity index (χ0) is 17.8. The van der Waals surface area contributed by atoms with Crippen LogP contribution in [0.5, 0.6) is 0 Å². The third kappa shape index (κ3) is 3.76. The number of imidazole rings is 1. The van der Waals surface area contributed by atoms with Gasteiger partial charge in [-0.1, -0.05) is 6.92 Å². The molecule has 0 saturated carbocycles. The summed E-state index contributed by atoms with van der Waals surface area (Å²) in [5.41, 5.74) is 2.97. The Morgan fingerprint density at radius 2 is 2.24 bits per heavy atom. The highest BCUT2D eigenvalue weighted by Gasteiger charge is 2.34. The van der Waals surface area contributed by atoms with Gasteiger partial charge in [-0.15, -0.1) is 0 Å². The summed E-state index contributed by atoms with van der Waals surface area (Å²) in [6, 6.07) is 4.32. The predicted molar refractivity (Wildman–Crippen MR) is 94.8 cm³/mol. The van der Waals surface area contributed by atoms with Gasteiger partial charge in [-0.2, -0.15) is 5.26 Å². The molecule has 0 amide bonds. The highest BCUT2D eigenvalue weighted by atomic mass is 16.5. The third-order valence-corrected chi connectivity index (χ3v) is 4.87. The van der Waals surface area contributed by atoms with E-state index < -0.39 is 0 Å². The molecule has 134 valence electrons. The first-order valence-corrected chi connectivity index (χ1v) is 8.72. The largest absolute Gasteiger partial charge is 0.374 e. The minimum atomic E-state index is 0.0725. The molecule has 0 aliphatic carbocycles. The lowest BCUT2D eigenvalue weighted by atomic mass is 10.0. The van der Waals surface area contributed by atoms with E-state index in [-0.39, 0.29) is 12.1 Å². The zero-order valence-electron chi connectivity index (χ0n) is 15.1. The van der Waals surface area contributed by atoms with Gasteiger partial charge in [-0.25, -0.2) is 4.98 Å². The van der Waals surface area contributed by atoms with Gasteiger partial charge in [0.15, 0.2) is 0 Å². The highest BCUT2D eigenvalue weighted by Crippen LogP contribution is 2.28. The van der Waals surface area contributed by atoms with Crippen LogP contribution in [0.3, 0.4) is 0 Å². The van der Waals surface area contributed by atoms with Crippen molar-refractivity contribution in [2.24, 2.45) is 14.1 Å². The topological polar surface area (TPSA) is 71.0 Å². The van der Waals surface area contributed by atoms with Crippen LogP contribution in [0.25, 0.3) is 0 Å². The van der Waals surface area contributed by atoms with E-state index in [4.69, 9.17) is 10.00 Å². The van der Waals surface area contributed by atoms with Crippen LogP contribution in [0, 0.1) is 11.3 Å². The number of aryl methyl sites for hydroxylation is 2. The Kier molecular flexibility index (Phi) is 5.53. The number of nitrogens with one attached hydrogen (secondary N) is 1. The summed E-state index contributed by atoms with van der Waals surface area (Å²) in [5.74, 6) is 0. The van der Waals surface area contributed by atoms with Gasteiger partial charge in [-0.05, 0) is 18.2 Å². The lowest BCUT2D eigenvalue weighted by Crippen LogP contribution is -2.49. The van der Waals surface area contributed by atoms with Crippen molar-refractivity contribution in [1.29, 1.82) is 5.26 Å². The van der Waals surface area contributed by atoms with E-state index in [0.29, 0.717) is 5.69 Å². The maximum Gasteiger partial charge on any atom is 0.120 e. The van der Waals surface area contributed by atoms with Crippen LogP contribution in [-0.4, -0.2) is 51.4 Å². The normalized spacial score (nSPS) is 21.4. The van der Waals surface area contributed by atoms with Crippen molar-refractivity contribution in [2.45, 2.75) is 25.6 Å². The van der Waals surface area contributed by atoms with E-state index in [1.807, 2.05) is 43.4 Å². The Hall–Kier alpha value is -2.14. The number of likely N-dealkylation sites (N-methyl/N-ethyl adjacent to an activating group) is 1. The summed E-state index contributed by atoms with van der Waals surface area (Å²) in [6.45, 7) is 6.33. The number of morpholine rings is 1. The van der Waals surface area contributed by atoms with Gasteiger partial charge in [0.05, 0.1) is 30.8 Å². The molecule has 2 aromatic rings. The Balaban J connectivity index is 1.66. The van der Waals surface area contributed by atoms with Gasteiger partial charge in [0, 0.05) is 46.1 Å². The summed E-state index contributed by atoms with van der Waals surface area (Å²) in [6.07, 6.45) is 5.84. The quantitative estimate of drug-likeness (QED) is 0.854. The number of ether oxygens (including phenoxy) is 1. The monoisotopic (exact) mass is 342 g/mol. The van der Waals surface area contributed by atoms with Gasteiger partial charge >= 0.3 is 0 Å². The Bertz CT molecular complexity index is 743. The first-order valence-electron chi connectivity index (χ1n) is 8.72. The molecule has 0 bridgehead atoms. The van der Waals surface area contributed by atoms with E-state index >= 15 is 0 Å². The minimum absolute atomic E-state index is 0.0725. The molecule has 2 aromatic heterocycles. The molecule has 3 rings (SSSR count). The molecule has 1 aliphatic heterocycles. The molecule has 1 fully saturated rings. The van der Waals surface area contributed by atoms with Crippen LogP contribution >= 0.6 is 0 Å². The van der Waals surface area contributed by atoms with Crippen LogP contribution in [0.2, 0.25) is 0 Å². The standard InChI is InChI=1S/C18H26N6O/c1-4-24-5-6-25-17(18(24)16-10-21-13-23(16)3)11-20-9-14-7-15(8-19)22(2)12-14/h7,10,12-13,17-18,20H,4-6,9,11H2,1-3H3/t17-,18-/m0/s1. The molecule has 1 N–H and O–H groups in total. The third-order valence-electron chi connectivity index (χ3n) is 4.87. The molecule has 3 heterocycles. The van der Waals surface area contributed by atoms with E-state index in [9.17, 15) is 0 Å². The molecule has 1 aliphatic rings. The van der Waals surface area contributed by atoms with Crippen molar-refractivity contribution in [1.82, 2.24) is 24.3 Å². The number of hydrogen-bond donors (Lipinski definition) is 1. The fourth-order valence-electron chi connectivity index (χ4n) is 3.54. The number of aromatic nitrogens is 3. The average molecular weight is 342 g/mol. The summed E-state index contributed by atoms with van der Waals surface area (Å²) in [7, 11) is 3.92. The molecule has 0 unspecified atom stereocenters. The van der Waals surface area contributed by atoms with Crippen molar-refractivity contribution in [3.8, 4) is 6.07 Å². The van der Waals surface area contributed by atoms with Gasteiger partial charge in [0.1, 0.15) is 11.8 Å². The Morgan fingerprint density at radius 1 is 1.40 bits per heavy atom. The first-order chi connectivity index (χ1) is 12.1. The van der Waals surface area contributed by atoms with Crippen molar-refractivity contribution in [3.63, 3.8) is 0 Å². The maximum absolute atomic E-state index is 9.06. The van der Waals surface area contributed by atoms with Gasteiger partial charge < -0.3 is 19.2 Å². The van der Waals surface area contributed by atoms with Crippen molar-refractivity contribution in [3.05, 3.63) is 41.7 Å². The van der Waals surface area contributed by atoms with Crippen LogP contribution in [0.4, 0.5) is 0 Å². The summed E-state index contributed by atoms with van der Waals surface area (Å²) in [4.78, 5) is 6.72. The highest BCUT2D eigenvalue weighted by molar-refractivity contribution is 5.28. The molecule has 25 heavy (non-hydrogen) atoms. The summed E-state index contributed by atoms with van der Waals surface area (Å²) >= 11 is 0. The number of hydrogen-bond acceptors (Lipinski definition) is 5. The van der Waals surface area contributed by atoms with Crippen molar-refractivity contribution in [2.75, 3.05) is 26.2 Å². The molecule has 0 aromatic carbocycles. The smallest absolute Gasteiger partial charge is 0.120 e. The number of nitrogens with zero attached hydrogens (tertiary/aromatic N) is 5. The lowest BCUT2D eigenvalue weighted by molar-refractivity contribution is -0.0716. The molecule has 7 nitrogen and oxygen atoms in total. The number of rotatable bonds is 6. The lowest BCUT2D eigenvalue weighted by Gasteiger charge is -2.40. The van der Waals surface area contributed by atoms with Crippen LogP contribution in [0.15, 0.2) is 24.8 Å². The molecule has 2 atom stereocenters. The van der Waals surface area contributed by atoms with Crippen molar-refractivity contribution < 1.29 is 4.74 Å². The van der Waals surface area contributed by atoms with E-state index in [1.54, 1.807) is 0 Å². The fraction of sp³-hybridized carbons (Fsp3) is 0.556. The van der Waals surface area contributed by atoms with Crippen molar-refractivity contribution >= 4 is 0 Å². The molecule has 0 radical (unpaired) electrons. The zero-order valence-corrected chi connectivity index (χ0v) is 15.1. The second kappa shape index (κ2) is 7.83. The molecular weight excluding hydrogens is 316 g/mol. The van der Waals surface area contributed by atoms with Crippen LogP contribution < -0.4 is 5.32 Å². The fourth-order valence-corrected chi connectivity index (χ4v) is 3.54. The SMILES string of the molecule is CCN1CCO[C@@H](CNCc2cc(C#N)n(C)c2)[C@@H]1c1cncn1C. The first kappa shape index (κ1) is 17.7. The molecule has 0 spiro atoms. The maximum atomic E-state index is 9.06. The number of nitriles is 1. The second-order valence-electron chi connectivity index (χ2n) is 6.50. The van der Waals surface area contributed by atoms with Gasteiger partial charge in [-0.3, -0.25) is 4.90 Å². The Morgan fingerprint density at radius 3 is 2.88 bits per heavy atom. The summed E-state index contributed by atoms with van der Waals surface area (Å²) < 4.78 is 10.0. The minimum Gasteiger partial charge on any atom is -0.374 e. The molecule has 1 saturated heterocycles. The van der Waals surface area contributed by atoms with Gasteiger partial charge in [0.2, 0.25) is 0 Å². The van der Waals surface area contributed by atoms with Crippen LogP contribution in [-0.2, 0) is 25.4 Å². The second-order valence-corrected chi connectivity index (χ2v) is 6.50. The average Bonchev–Trinajstić information content (AvgIpc) is 3.19. The van der Waals surface area contributed by atoms with Crippen LogP contribution in [0.1, 0.15) is 29.9 Å².